The average molecular weight is 365 g/mol. The lowest BCUT2D eigenvalue weighted by molar-refractivity contribution is -0.116. The van der Waals surface area contributed by atoms with Crippen molar-refractivity contribution in [3.05, 3.63) is 72.8 Å². The Hall–Kier alpha value is -3.28. The van der Waals surface area contributed by atoms with Crippen LogP contribution in [0.15, 0.2) is 67.0 Å². The van der Waals surface area contributed by atoms with E-state index in [4.69, 9.17) is 9.47 Å². The number of hydrogen-bond acceptors (Lipinski definition) is 4. The van der Waals surface area contributed by atoms with Crippen LogP contribution in [0, 0.1) is 0 Å². The summed E-state index contributed by atoms with van der Waals surface area (Å²) in [5.74, 6) is 2.37. The van der Waals surface area contributed by atoms with Crippen LogP contribution in [0.2, 0.25) is 0 Å². The van der Waals surface area contributed by atoms with Crippen LogP contribution in [0.3, 0.4) is 0 Å². The van der Waals surface area contributed by atoms with Crippen LogP contribution in [0.4, 0.5) is 5.69 Å². The zero-order valence-electron chi connectivity index (χ0n) is 15.3. The molecule has 6 heteroatoms. The number of aromatic nitrogens is 2. The van der Waals surface area contributed by atoms with Crippen LogP contribution in [-0.2, 0) is 18.4 Å². The Labute approximate surface area is 158 Å². The number of carbonyl (C=O) groups excluding carboxylic acids is 1. The Balaban J connectivity index is 1.37. The molecule has 0 radical (unpaired) electrons. The minimum atomic E-state index is -0.0339. The lowest BCUT2D eigenvalue weighted by Crippen LogP contribution is -2.12. The second-order valence-corrected chi connectivity index (χ2v) is 6.08. The molecule has 27 heavy (non-hydrogen) atoms. The van der Waals surface area contributed by atoms with E-state index in [0.717, 1.165) is 23.0 Å². The Kier molecular flexibility index (Phi) is 6.46. The lowest BCUT2D eigenvalue weighted by atomic mass is 10.2. The number of nitrogens with one attached hydrogen (secondary N) is 1. The molecule has 2 aromatic carbocycles. The average Bonchev–Trinajstić information content (AvgIpc) is 3.10. The van der Waals surface area contributed by atoms with Crippen LogP contribution in [0.1, 0.15) is 18.7 Å². The van der Waals surface area contributed by atoms with Crippen molar-refractivity contribution in [3.63, 3.8) is 0 Å². The van der Waals surface area contributed by atoms with Gasteiger partial charge in [-0.2, -0.15) is 0 Å². The summed E-state index contributed by atoms with van der Waals surface area (Å²) in [4.78, 5) is 16.2. The van der Waals surface area contributed by atoms with Gasteiger partial charge in [-0.3, -0.25) is 4.79 Å². The molecule has 6 nitrogen and oxygen atoms in total. The van der Waals surface area contributed by atoms with Gasteiger partial charge in [0.2, 0.25) is 5.91 Å². The van der Waals surface area contributed by atoms with Gasteiger partial charge in [0, 0.05) is 31.5 Å². The molecule has 0 atom stereocenters. The first-order valence-electron chi connectivity index (χ1n) is 8.87. The topological polar surface area (TPSA) is 65.4 Å². The van der Waals surface area contributed by atoms with Crippen LogP contribution >= 0.6 is 0 Å². The molecule has 1 aromatic heterocycles. The summed E-state index contributed by atoms with van der Waals surface area (Å²) in [5, 5.41) is 2.88. The van der Waals surface area contributed by atoms with Crippen LogP contribution in [0.25, 0.3) is 0 Å². The third-order valence-corrected chi connectivity index (χ3v) is 3.99. The van der Waals surface area contributed by atoms with Gasteiger partial charge >= 0.3 is 0 Å². The van der Waals surface area contributed by atoms with E-state index in [9.17, 15) is 4.79 Å². The predicted molar refractivity (Wildman–Crippen MR) is 104 cm³/mol. The molecule has 0 aliphatic rings. The van der Waals surface area contributed by atoms with Crippen LogP contribution < -0.4 is 14.8 Å². The Bertz CT molecular complexity index is 845. The van der Waals surface area contributed by atoms with Crippen molar-refractivity contribution in [2.45, 2.75) is 19.4 Å². The number of benzene rings is 2. The number of carbonyl (C=O) groups is 1. The number of ether oxygens (including phenoxy) is 2. The van der Waals surface area contributed by atoms with E-state index in [2.05, 4.69) is 10.3 Å². The van der Waals surface area contributed by atoms with Crippen LogP contribution in [-0.4, -0.2) is 22.1 Å². The monoisotopic (exact) mass is 365 g/mol. The second kappa shape index (κ2) is 9.43. The first-order chi connectivity index (χ1) is 13.2. The normalized spacial score (nSPS) is 10.4. The molecule has 1 N–H and O–H groups in total. The molecule has 0 aliphatic heterocycles. The fourth-order valence-electron chi connectivity index (χ4n) is 2.48. The molecule has 3 rings (SSSR count). The van der Waals surface area contributed by atoms with Gasteiger partial charge in [0.1, 0.15) is 23.9 Å². The summed E-state index contributed by atoms with van der Waals surface area (Å²) in [5.41, 5.74) is 0.744. The van der Waals surface area contributed by atoms with Gasteiger partial charge in [-0.25, -0.2) is 4.98 Å². The van der Waals surface area contributed by atoms with Crippen LogP contribution in [0.5, 0.6) is 11.5 Å². The SMILES string of the molecule is Cn1ccnc1COc1ccc(NC(=O)CCCOc2ccccc2)cc1. The van der Waals surface area contributed by atoms with Gasteiger partial charge in [-0.05, 0) is 42.8 Å². The number of aryl methyl sites for hydroxylation is 1. The minimum absolute atomic E-state index is 0.0339. The molecule has 0 unspecified atom stereocenters. The van der Waals surface area contributed by atoms with Crippen molar-refractivity contribution in [2.24, 2.45) is 7.05 Å². The fraction of sp³-hybridized carbons (Fsp3) is 0.238. The first kappa shape index (κ1) is 18.5. The maximum atomic E-state index is 12.0. The zero-order valence-corrected chi connectivity index (χ0v) is 15.3. The maximum Gasteiger partial charge on any atom is 0.224 e. The fourth-order valence-corrected chi connectivity index (χ4v) is 2.48. The van der Waals surface area contributed by atoms with E-state index < -0.39 is 0 Å². The highest BCUT2D eigenvalue weighted by Crippen LogP contribution is 2.17. The quantitative estimate of drug-likeness (QED) is 0.586. The van der Waals surface area contributed by atoms with Gasteiger partial charge < -0.3 is 19.4 Å². The van der Waals surface area contributed by atoms with Crippen molar-refractivity contribution in [1.29, 1.82) is 0 Å². The number of para-hydroxylation sites is 1. The van der Waals surface area contributed by atoms with Gasteiger partial charge in [0.15, 0.2) is 0 Å². The Morgan fingerprint density at radius 2 is 1.78 bits per heavy atom. The van der Waals surface area contributed by atoms with E-state index in [1.807, 2.05) is 72.4 Å². The van der Waals surface area contributed by atoms with E-state index in [1.54, 1.807) is 6.20 Å². The third kappa shape index (κ3) is 5.88. The van der Waals surface area contributed by atoms with Gasteiger partial charge in [0.25, 0.3) is 0 Å². The summed E-state index contributed by atoms with van der Waals surface area (Å²) in [7, 11) is 1.93. The van der Waals surface area contributed by atoms with E-state index >= 15 is 0 Å². The largest absolute Gasteiger partial charge is 0.494 e. The molecule has 3 aromatic rings. The minimum Gasteiger partial charge on any atom is -0.494 e. The summed E-state index contributed by atoms with van der Waals surface area (Å²) >= 11 is 0. The van der Waals surface area contributed by atoms with E-state index in [1.165, 1.54) is 0 Å². The third-order valence-electron chi connectivity index (χ3n) is 3.99. The Morgan fingerprint density at radius 1 is 1.04 bits per heavy atom. The highest BCUT2D eigenvalue weighted by molar-refractivity contribution is 5.90. The number of imidazole rings is 1. The summed E-state index contributed by atoms with van der Waals surface area (Å²) in [6.45, 7) is 0.911. The molecule has 0 saturated heterocycles. The predicted octanol–water partition coefficient (Wildman–Crippen LogP) is 3.80. The molecule has 140 valence electrons. The van der Waals surface area contributed by atoms with Gasteiger partial charge in [0.05, 0.1) is 6.61 Å². The van der Waals surface area contributed by atoms with Gasteiger partial charge in [-0.15, -0.1) is 0 Å². The number of nitrogens with zero attached hydrogens (tertiary/aromatic N) is 2. The molecular weight excluding hydrogens is 342 g/mol. The van der Waals surface area contributed by atoms with E-state index in [-0.39, 0.29) is 5.91 Å². The zero-order chi connectivity index (χ0) is 18.9. The lowest BCUT2D eigenvalue weighted by Gasteiger charge is -2.09. The van der Waals surface area contributed by atoms with Crippen molar-refractivity contribution in [2.75, 3.05) is 11.9 Å². The summed E-state index contributed by atoms with van der Waals surface area (Å²) < 4.78 is 13.2. The highest BCUT2D eigenvalue weighted by atomic mass is 16.5. The Morgan fingerprint density at radius 3 is 2.48 bits per heavy atom. The smallest absolute Gasteiger partial charge is 0.224 e. The highest BCUT2D eigenvalue weighted by Gasteiger charge is 2.04. The first-order valence-corrected chi connectivity index (χ1v) is 8.87. The summed E-state index contributed by atoms with van der Waals surface area (Å²) in [6, 6.07) is 16.9. The van der Waals surface area contributed by atoms with Crippen molar-refractivity contribution in [3.8, 4) is 11.5 Å². The number of hydrogen-bond donors (Lipinski definition) is 1. The molecule has 0 saturated carbocycles. The molecular formula is C21H23N3O3. The standard InChI is InChI=1S/C21H23N3O3/c1-24-14-13-22-20(24)16-27-19-11-9-17(10-12-19)23-21(25)8-5-15-26-18-6-3-2-4-7-18/h2-4,6-7,9-14H,5,8,15-16H2,1H3,(H,23,25). The molecule has 1 amide bonds. The summed E-state index contributed by atoms with van der Waals surface area (Å²) in [6.07, 6.45) is 4.68. The molecule has 0 fully saturated rings. The van der Waals surface area contributed by atoms with Crippen molar-refractivity contribution in [1.82, 2.24) is 9.55 Å². The second-order valence-electron chi connectivity index (χ2n) is 6.08. The van der Waals surface area contributed by atoms with E-state index in [0.29, 0.717) is 26.1 Å². The number of rotatable bonds is 9. The maximum absolute atomic E-state index is 12.0. The van der Waals surface area contributed by atoms with Crippen molar-refractivity contribution < 1.29 is 14.3 Å². The molecule has 1 heterocycles. The number of anilines is 1. The molecule has 0 spiro atoms. The van der Waals surface area contributed by atoms with Crippen molar-refractivity contribution >= 4 is 11.6 Å². The van der Waals surface area contributed by atoms with Gasteiger partial charge in [-0.1, -0.05) is 18.2 Å². The molecule has 0 bridgehead atoms. The number of amides is 1. The molecule has 0 aliphatic carbocycles.